The number of rotatable bonds is 5. The van der Waals surface area contributed by atoms with E-state index >= 15 is 0 Å². The molecule has 0 radical (unpaired) electrons. The van der Waals surface area contributed by atoms with Gasteiger partial charge in [0.1, 0.15) is 0 Å². The molecule has 0 saturated carbocycles. The summed E-state index contributed by atoms with van der Waals surface area (Å²) < 4.78 is 0. The molecule has 0 heterocycles. The Morgan fingerprint density at radius 2 is 2.06 bits per heavy atom. The van der Waals surface area contributed by atoms with E-state index in [1.807, 2.05) is 18.2 Å². The van der Waals surface area contributed by atoms with Crippen LogP contribution in [0.1, 0.15) is 25.8 Å². The maximum absolute atomic E-state index is 11.6. The van der Waals surface area contributed by atoms with Gasteiger partial charge >= 0.3 is 0 Å². The zero-order chi connectivity index (χ0) is 12.0. The van der Waals surface area contributed by atoms with Crippen LogP contribution in [0.2, 0.25) is 5.02 Å². The predicted molar refractivity (Wildman–Crippen MR) is 67.6 cm³/mol. The number of carbonyl (C=O) groups is 1. The van der Waals surface area contributed by atoms with Crippen molar-refractivity contribution >= 4 is 17.5 Å². The van der Waals surface area contributed by atoms with E-state index in [0.717, 1.165) is 18.5 Å². The number of benzene rings is 1. The summed E-state index contributed by atoms with van der Waals surface area (Å²) in [6.45, 7) is 5.02. The van der Waals surface area contributed by atoms with Crippen LogP contribution in [0.5, 0.6) is 0 Å². The third-order valence-corrected chi connectivity index (χ3v) is 2.72. The minimum absolute atomic E-state index is 0.0359. The second-order valence-electron chi connectivity index (χ2n) is 4.30. The monoisotopic (exact) mass is 239 g/mol. The van der Waals surface area contributed by atoms with Gasteiger partial charge < -0.3 is 5.32 Å². The topological polar surface area (TPSA) is 29.1 Å². The molecule has 1 N–H and O–H groups in total. The standard InChI is InChI=1S/C13H18ClNO/c1-10(2)7-8-15-13(16)9-11-5-3-4-6-12(11)14/h3-6,10H,7-9H2,1-2H3,(H,15,16). The molecular formula is C13H18ClNO. The van der Waals surface area contributed by atoms with Gasteiger partial charge in [0.05, 0.1) is 6.42 Å². The molecule has 0 spiro atoms. The first-order chi connectivity index (χ1) is 7.59. The fourth-order valence-corrected chi connectivity index (χ4v) is 1.58. The average Bonchev–Trinajstić information content (AvgIpc) is 2.21. The van der Waals surface area contributed by atoms with E-state index in [-0.39, 0.29) is 5.91 Å². The highest BCUT2D eigenvalue weighted by atomic mass is 35.5. The lowest BCUT2D eigenvalue weighted by Gasteiger charge is -2.07. The zero-order valence-electron chi connectivity index (χ0n) is 9.79. The molecular weight excluding hydrogens is 222 g/mol. The number of halogens is 1. The number of nitrogens with one attached hydrogen (secondary N) is 1. The highest BCUT2D eigenvalue weighted by molar-refractivity contribution is 6.31. The van der Waals surface area contributed by atoms with Crippen LogP contribution in [0.15, 0.2) is 24.3 Å². The minimum atomic E-state index is 0.0359. The van der Waals surface area contributed by atoms with Crippen molar-refractivity contribution in [3.05, 3.63) is 34.9 Å². The van der Waals surface area contributed by atoms with E-state index in [4.69, 9.17) is 11.6 Å². The lowest BCUT2D eigenvalue weighted by molar-refractivity contribution is -0.120. The molecule has 0 aliphatic heterocycles. The largest absolute Gasteiger partial charge is 0.356 e. The number of carbonyl (C=O) groups excluding carboxylic acids is 1. The molecule has 0 bridgehead atoms. The summed E-state index contributed by atoms with van der Waals surface area (Å²) in [7, 11) is 0. The Balaban J connectivity index is 2.37. The molecule has 3 heteroatoms. The zero-order valence-corrected chi connectivity index (χ0v) is 10.6. The first-order valence-corrected chi connectivity index (χ1v) is 5.97. The van der Waals surface area contributed by atoms with Gasteiger partial charge in [-0.15, -0.1) is 0 Å². The van der Waals surface area contributed by atoms with Crippen LogP contribution in [0.4, 0.5) is 0 Å². The van der Waals surface area contributed by atoms with E-state index < -0.39 is 0 Å². The molecule has 1 aromatic carbocycles. The average molecular weight is 240 g/mol. The summed E-state index contributed by atoms with van der Waals surface area (Å²) in [6.07, 6.45) is 1.37. The van der Waals surface area contributed by atoms with Crippen LogP contribution < -0.4 is 5.32 Å². The first kappa shape index (κ1) is 13.0. The summed E-state index contributed by atoms with van der Waals surface area (Å²) in [4.78, 5) is 11.6. The fraction of sp³-hybridized carbons (Fsp3) is 0.462. The third-order valence-electron chi connectivity index (χ3n) is 2.35. The fourth-order valence-electron chi connectivity index (χ4n) is 1.38. The lowest BCUT2D eigenvalue weighted by Crippen LogP contribution is -2.26. The molecule has 0 aliphatic carbocycles. The van der Waals surface area contributed by atoms with Crippen molar-refractivity contribution in [3.8, 4) is 0 Å². The number of hydrogen-bond acceptors (Lipinski definition) is 1. The van der Waals surface area contributed by atoms with Gasteiger partial charge in [0.2, 0.25) is 5.91 Å². The second-order valence-corrected chi connectivity index (χ2v) is 4.71. The maximum Gasteiger partial charge on any atom is 0.224 e. The van der Waals surface area contributed by atoms with Gasteiger partial charge in [-0.05, 0) is 24.0 Å². The molecule has 88 valence electrons. The highest BCUT2D eigenvalue weighted by Crippen LogP contribution is 2.15. The molecule has 1 amide bonds. The smallest absolute Gasteiger partial charge is 0.224 e. The van der Waals surface area contributed by atoms with E-state index in [1.165, 1.54) is 0 Å². The Hall–Kier alpha value is -1.02. The normalized spacial score (nSPS) is 10.5. The van der Waals surface area contributed by atoms with E-state index in [9.17, 15) is 4.79 Å². The van der Waals surface area contributed by atoms with Crippen LogP contribution >= 0.6 is 11.6 Å². The van der Waals surface area contributed by atoms with Crippen LogP contribution in [-0.4, -0.2) is 12.5 Å². The lowest BCUT2D eigenvalue weighted by atomic mass is 10.1. The number of hydrogen-bond donors (Lipinski definition) is 1. The summed E-state index contributed by atoms with van der Waals surface area (Å²) in [5.41, 5.74) is 0.881. The minimum Gasteiger partial charge on any atom is -0.356 e. The van der Waals surface area contributed by atoms with Gasteiger partial charge in [-0.25, -0.2) is 0 Å². The third kappa shape index (κ3) is 4.67. The quantitative estimate of drug-likeness (QED) is 0.841. The van der Waals surface area contributed by atoms with Crippen molar-refractivity contribution in [2.24, 2.45) is 5.92 Å². The molecule has 0 unspecified atom stereocenters. The molecule has 1 rings (SSSR count). The molecule has 1 aromatic rings. The van der Waals surface area contributed by atoms with Gasteiger partial charge in [0.25, 0.3) is 0 Å². The van der Waals surface area contributed by atoms with Crippen molar-refractivity contribution < 1.29 is 4.79 Å². The van der Waals surface area contributed by atoms with Gasteiger partial charge in [0.15, 0.2) is 0 Å². The molecule has 0 fully saturated rings. The summed E-state index contributed by atoms with van der Waals surface area (Å²) in [6, 6.07) is 7.44. The second kappa shape index (κ2) is 6.54. The van der Waals surface area contributed by atoms with Crippen LogP contribution in [0.25, 0.3) is 0 Å². The van der Waals surface area contributed by atoms with Crippen molar-refractivity contribution in [1.29, 1.82) is 0 Å². The highest BCUT2D eigenvalue weighted by Gasteiger charge is 2.05. The first-order valence-electron chi connectivity index (χ1n) is 5.59. The van der Waals surface area contributed by atoms with Crippen molar-refractivity contribution in [3.63, 3.8) is 0 Å². The summed E-state index contributed by atoms with van der Waals surface area (Å²) >= 11 is 5.97. The van der Waals surface area contributed by atoms with Crippen molar-refractivity contribution in [2.75, 3.05) is 6.54 Å². The van der Waals surface area contributed by atoms with Crippen molar-refractivity contribution in [1.82, 2.24) is 5.32 Å². The molecule has 0 aromatic heterocycles. The van der Waals surface area contributed by atoms with Crippen molar-refractivity contribution in [2.45, 2.75) is 26.7 Å². The number of amides is 1. The Labute approximate surface area is 102 Å². The predicted octanol–water partition coefficient (Wildman–Crippen LogP) is 3.04. The Kier molecular flexibility index (Phi) is 5.33. The molecule has 2 nitrogen and oxygen atoms in total. The van der Waals surface area contributed by atoms with Gasteiger partial charge in [-0.2, -0.15) is 0 Å². The Morgan fingerprint density at radius 3 is 2.69 bits per heavy atom. The van der Waals surface area contributed by atoms with Crippen LogP contribution in [-0.2, 0) is 11.2 Å². The van der Waals surface area contributed by atoms with Gasteiger partial charge in [-0.3, -0.25) is 4.79 Å². The van der Waals surface area contributed by atoms with E-state index in [2.05, 4.69) is 19.2 Å². The summed E-state index contributed by atoms with van der Waals surface area (Å²) in [5, 5.41) is 3.55. The van der Waals surface area contributed by atoms with E-state index in [1.54, 1.807) is 6.07 Å². The molecule has 16 heavy (non-hydrogen) atoms. The van der Waals surface area contributed by atoms with Gasteiger partial charge in [-0.1, -0.05) is 43.6 Å². The van der Waals surface area contributed by atoms with Crippen LogP contribution in [0, 0.1) is 5.92 Å². The molecule has 0 saturated heterocycles. The SMILES string of the molecule is CC(C)CCNC(=O)Cc1ccccc1Cl. The maximum atomic E-state index is 11.6. The Bertz CT molecular complexity index is 350. The molecule has 0 atom stereocenters. The van der Waals surface area contributed by atoms with E-state index in [0.29, 0.717) is 17.4 Å². The molecule has 0 aliphatic rings. The van der Waals surface area contributed by atoms with Crippen LogP contribution in [0.3, 0.4) is 0 Å². The van der Waals surface area contributed by atoms with Gasteiger partial charge in [0, 0.05) is 11.6 Å². The Morgan fingerprint density at radius 1 is 1.38 bits per heavy atom. The summed E-state index contributed by atoms with van der Waals surface area (Å²) in [5.74, 6) is 0.648.